The fraction of sp³-hybridized carbons (Fsp3) is 0.300. The molecule has 5 heteroatoms. The zero-order valence-corrected chi connectivity index (χ0v) is 13.9. The molecule has 1 heterocycles. The van der Waals surface area contributed by atoms with E-state index in [0.29, 0.717) is 25.3 Å². The number of ether oxygens (including phenoxy) is 1. The molecular formula is C20H21NO4. The van der Waals surface area contributed by atoms with E-state index >= 15 is 0 Å². The van der Waals surface area contributed by atoms with Crippen molar-refractivity contribution in [2.75, 3.05) is 19.8 Å². The van der Waals surface area contributed by atoms with Crippen LogP contribution in [0.25, 0.3) is 0 Å². The van der Waals surface area contributed by atoms with Crippen LogP contribution in [-0.4, -0.2) is 47.7 Å². The summed E-state index contributed by atoms with van der Waals surface area (Å²) in [5.74, 6) is -1.18. The van der Waals surface area contributed by atoms with Gasteiger partial charge in [-0.2, -0.15) is 0 Å². The number of benzene rings is 2. The van der Waals surface area contributed by atoms with Crippen molar-refractivity contribution in [3.8, 4) is 0 Å². The molecular weight excluding hydrogens is 318 g/mol. The normalized spacial score (nSPS) is 16.6. The van der Waals surface area contributed by atoms with E-state index in [1.807, 2.05) is 35.2 Å². The molecule has 0 radical (unpaired) electrons. The van der Waals surface area contributed by atoms with Crippen molar-refractivity contribution in [2.24, 2.45) is 0 Å². The van der Waals surface area contributed by atoms with Gasteiger partial charge in [-0.25, -0.2) is 4.79 Å². The van der Waals surface area contributed by atoms with E-state index < -0.39 is 5.97 Å². The zero-order chi connectivity index (χ0) is 17.6. The van der Waals surface area contributed by atoms with Crippen LogP contribution in [0.3, 0.4) is 0 Å². The van der Waals surface area contributed by atoms with Gasteiger partial charge in [0, 0.05) is 18.7 Å². The van der Waals surface area contributed by atoms with Gasteiger partial charge in [0.25, 0.3) is 5.91 Å². The number of rotatable bonds is 6. The highest BCUT2D eigenvalue weighted by Crippen LogP contribution is 2.18. The van der Waals surface area contributed by atoms with E-state index in [1.165, 1.54) is 17.7 Å². The topological polar surface area (TPSA) is 66.8 Å². The maximum atomic E-state index is 13.0. The van der Waals surface area contributed by atoms with Crippen molar-refractivity contribution in [3.63, 3.8) is 0 Å². The lowest BCUT2D eigenvalue weighted by atomic mass is 10.1. The lowest BCUT2D eigenvalue weighted by Gasteiger charge is -2.28. The average molecular weight is 339 g/mol. The molecule has 0 aromatic heterocycles. The van der Waals surface area contributed by atoms with Crippen LogP contribution in [0.1, 0.15) is 32.7 Å². The number of carboxylic acids is 1. The summed E-state index contributed by atoms with van der Waals surface area (Å²) in [4.78, 5) is 26.0. The number of carbonyl (C=O) groups is 2. The van der Waals surface area contributed by atoms with E-state index in [2.05, 4.69) is 0 Å². The van der Waals surface area contributed by atoms with Crippen LogP contribution in [0.4, 0.5) is 0 Å². The molecule has 1 saturated heterocycles. The van der Waals surface area contributed by atoms with Gasteiger partial charge in [0.15, 0.2) is 0 Å². The van der Waals surface area contributed by atoms with Crippen LogP contribution < -0.4 is 0 Å². The van der Waals surface area contributed by atoms with Crippen molar-refractivity contribution in [1.29, 1.82) is 0 Å². The molecule has 25 heavy (non-hydrogen) atoms. The molecule has 0 bridgehead atoms. The number of carboxylic acid groups (broad SMARTS) is 1. The molecule has 1 N–H and O–H groups in total. The summed E-state index contributed by atoms with van der Waals surface area (Å²) in [6, 6.07) is 16.3. The summed E-state index contributed by atoms with van der Waals surface area (Å²) >= 11 is 0. The van der Waals surface area contributed by atoms with E-state index in [0.717, 1.165) is 12.8 Å². The molecule has 0 unspecified atom stereocenters. The molecule has 0 aliphatic carbocycles. The molecule has 1 aliphatic rings. The first-order chi connectivity index (χ1) is 12.1. The summed E-state index contributed by atoms with van der Waals surface area (Å²) in [7, 11) is 0. The largest absolute Gasteiger partial charge is 0.478 e. The first kappa shape index (κ1) is 17.2. The van der Waals surface area contributed by atoms with Crippen LogP contribution in [0.15, 0.2) is 54.6 Å². The maximum absolute atomic E-state index is 13.0. The molecule has 5 nitrogen and oxygen atoms in total. The SMILES string of the molecule is O=C(O)c1cccc(C(=O)N(CCc2ccccc2)[C@@H]2CCOC2)c1. The molecule has 2 aromatic rings. The molecule has 0 saturated carbocycles. The number of amides is 1. The Morgan fingerprint density at radius 3 is 2.52 bits per heavy atom. The van der Waals surface area contributed by atoms with Crippen molar-refractivity contribution in [1.82, 2.24) is 4.90 Å². The van der Waals surface area contributed by atoms with Gasteiger partial charge in [0.2, 0.25) is 0 Å². The molecule has 1 fully saturated rings. The third-order valence-electron chi connectivity index (χ3n) is 4.45. The van der Waals surface area contributed by atoms with Gasteiger partial charge in [0.1, 0.15) is 0 Å². The Bertz CT molecular complexity index is 738. The van der Waals surface area contributed by atoms with Gasteiger partial charge in [-0.1, -0.05) is 36.4 Å². The second-order valence-electron chi connectivity index (χ2n) is 6.14. The summed E-state index contributed by atoms with van der Waals surface area (Å²) in [5, 5.41) is 9.15. The highest BCUT2D eigenvalue weighted by Gasteiger charge is 2.28. The summed E-state index contributed by atoms with van der Waals surface area (Å²) in [6.07, 6.45) is 1.56. The van der Waals surface area contributed by atoms with Crippen molar-refractivity contribution >= 4 is 11.9 Å². The van der Waals surface area contributed by atoms with Crippen molar-refractivity contribution < 1.29 is 19.4 Å². The fourth-order valence-corrected chi connectivity index (χ4v) is 3.06. The predicted octanol–water partition coefficient (Wildman–Crippen LogP) is 2.86. The second-order valence-corrected chi connectivity index (χ2v) is 6.14. The second kappa shape index (κ2) is 7.94. The number of nitrogens with zero attached hydrogens (tertiary/aromatic N) is 1. The molecule has 1 atom stereocenters. The summed E-state index contributed by atoms with van der Waals surface area (Å²) < 4.78 is 5.45. The molecule has 3 rings (SSSR count). The van der Waals surface area contributed by atoms with Crippen LogP contribution in [0, 0.1) is 0 Å². The van der Waals surface area contributed by atoms with E-state index in [-0.39, 0.29) is 17.5 Å². The van der Waals surface area contributed by atoms with E-state index in [1.54, 1.807) is 12.1 Å². The monoisotopic (exact) mass is 339 g/mol. The Morgan fingerprint density at radius 1 is 1.08 bits per heavy atom. The van der Waals surface area contributed by atoms with Gasteiger partial charge < -0.3 is 14.7 Å². The number of hydrogen-bond acceptors (Lipinski definition) is 3. The zero-order valence-electron chi connectivity index (χ0n) is 13.9. The van der Waals surface area contributed by atoms with E-state index in [9.17, 15) is 9.59 Å². The Kier molecular flexibility index (Phi) is 5.46. The maximum Gasteiger partial charge on any atom is 0.335 e. The lowest BCUT2D eigenvalue weighted by molar-refractivity contribution is 0.0656. The van der Waals surface area contributed by atoms with Crippen LogP contribution >= 0.6 is 0 Å². The van der Waals surface area contributed by atoms with Crippen LogP contribution in [0.2, 0.25) is 0 Å². The minimum atomic E-state index is -1.03. The quantitative estimate of drug-likeness (QED) is 0.879. The highest BCUT2D eigenvalue weighted by atomic mass is 16.5. The smallest absolute Gasteiger partial charge is 0.335 e. The van der Waals surface area contributed by atoms with Gasteiger partial charge in [0.05, 0.1) is 18.2 Å². The standard InChI is InChI=1S/C20H21NO4/c22-19(16-7-4-8-17(13-16)20(23)24)21(18-10-12-25-14-18)11-9-15-5-2-1-3-6-15/h1-8,13,18H,9-12,14H2,(H,23,24)/t18-/m1/s1. The molecule has 130 valence electrons. The Balaban J connectivity index is 1.79. The first-order valence-corrected chi connectivity index (χ1v) is 8.41. The number of aromatic carboxylic acids is 1. The molecule has 1 amide bonds. The molecule has 1 aliphatic heterocycles. The van der Waals surface area contributed by atoms with Crippen LogP contribution in [-0.2, 0) is 11.2 Å². The summed E-state index contributed by atoms with van der Waals surface area (Å²) in [5.41, 5.74) is 1.69. The third-order valence-corrected chi connectivity index (χ3v) is 4.45. The minimum absolute atomic E-state index is 0.0321. The minimum Gasteiger partial charge on any atom is -0.478 e. The predicted molar refractivity (Wildman–Crippen MR) is 93.8 cm³/mol. The third kappa shape index (κ3) is 4.25. The van der Waals surface area contributed by atoms with Gasteiger partial charge in [-0.05, 0) is 36.6 Å². The highest BCUT2D eigenvalue weighted by molar-refractivity contribution is 5.97. The van der Waals surface area contributed by atoms with Crippen molar-refractivity contribution in [2.45, 2.75) is 18.9 Å². The van der Waals surface area contributed by atoms with Crippen LogP contribution in [0.5, 0.6) is 0 Å². The first-order valence-electron chi connectivity index (χ1n) is 8.41. The fourth-order valence-electron chi connectivity index (χ4n) is 3.06. The molecule has 0 spiro atoms. The summed E-state index contributed by atoms with van der Waals surface area (Å²) in [6.45, 7) is 1.75. The average Bonchev–Trinajstić information content (AvgIpc) is 3.17. The number of hydrogen-bond donors (Lipinski definition) is 1. The van der Waals surface area contributed by atoms with Gasteiger partial charge >= 0.3 is 5.97 Å². The van der Waals surface area contributed by atoms with Gasteiger partial charge in [-0.15, -0.1) is 0 Å². The molecule has 2 aromatic carbocycles. The van der Waals surface area contributed by atoms with E-state index in [4.69, 9.17) is 9.84 Å². The Labute approximate surface area is 146 Å². The Morgan fingerprint density at radius 2 is 1.84 bits per heavy atom. The number of carbonyl (C=O) groups excluding carboxylic acids is 1. The Hall–Kier alpha value is -2.66. The lowest BCUT2D eigenvalue weighted by Crippen LogP contribution is -2.42. The van der Waals surface area contributed by atoms with Crippen molar-refractivity contribution in [3.05, 3.63) is 71.3 Å². The van der Waals surface area contributed by atoms with Gasteiger partial charge in [-0.3, -0.25) is 4.79 Å².